The maximum absolute atomic E-state index is 11.3. The second-order valence-corrected chi connectivity index (χ2v) is 5.32. The van der Waals surface area contributed by atoms with E-state index in [9.17, 15) is 4.79 Å². The van der Waals surface area contributed by atoms with Gasteiger partial charge in [0, 0.05) is 0 Å². The van der Waals surface area contributed by atoms with Crippen LogP contribution in [0.15, 0.2) is 0 Å². The Kier molecular flexibility index (Phi) is 7.88. The molecule has 0 saturated carbocycles. The number of nitrogens with one attached hydrogen (secondary N) is 1. The van der Waals surface area contributed by atoms with Crippen molar-refractivity contribution in [1.29, 1.82) is 0 Å². The molecule has 0 rings (SSSR count). The first-order valence-electron chi connectivity index (χ1n) is 5.69. The minimum absolute atomic E-state index is 0.238. The number of rotatable bonds is 9. The van der Waals surface area contributed by atoms with Crippen LogP contribution in [0.4, 0.5) is 0 Å². The van der Waals surface area contributed by atoms with Gasteiger partial charge in [-0.1, -0.05) is 13.8 Å². The third-order valence-electron chi connectivity index (χ3n) is 2.48. The first-order chi connectivity index (χ1) is 7.06. The summed E-state index contributed by atoms with van der Waals surface area (Å²) in [6, 6.07) is 0. The zero-order chi connectivity index (χ0) is 11.7. The average Bonchev–Trinajstić information content (AvgIpc) is 2.21. The van der Waals surface area contributed by atoms with Gasteiger partial charge in [0.15, 0.2) is 0 Å². The fraction of sp³-hybridized carbons (Fsp3) is 0.909. The number of thioether (sulfide) groups is 1. The number of primary amides is 1. The molecule has 90 valence electrons. The van der Waals surface area contributed by atoms with Crippen LogP contribution in [0.1, 0.15) is 40.0 Å². The summed E-state index contributed by atoms with van der Waals surface area (Å²) in [6.07, 6.45) is 2.89. The molecule has 0 aliphatic rings. The number of amides is 1. The van der Waals surface area contributed by atoms with E-state index in [1.807, 2.05) is 18.7 Å². The number of hydrogen-bond donors (Lipinski definition) is 2. The molecule has 0 heterocycles. The lowest BCUT2D eigenvalue weighted by atomic mass is 9.95. The standard InChI is InChI=1S/C11H24N2OS/c1-4-8-13-11(3,10(12)14)7-6-9-15-5-2/h13H,4-9H2,1-3H3,(H2,12,14). The third kappa shape index (κ3) is 6.05. The molecule has 0 radical (unpaired) electrons. The van der Waals surface area contributed by atoms with Crippen molar-refractivity contribution in [2.75, 3.05) is 18.1 Å². The Hall–Kier alpha value is -0.220. The maximum atomic E-state index is 11.3. The SMILES string of the molecule is CCCNC(C)(CCCSCC)C(N)=O. The van der Waals surface area contributed by atoms with E-state index in [1.54, 1.807) is 0 Å². The molecule has 1 atom stereocenters. The van der Waals surface area contributed by atoms with Gasteiger partial charge >= 0.3 is 0 Å². The van der Waals surface area contributed by atoms with Gasteiger partial charge in [0.25, 0.3) is 0 Å². The average molecular weight is 232 g/mol. The summed E-state index contributed by atoms with van der Waals surface area (Å²) in [6.45, 7) is 6.98. The summed E-state index contributed by atoms with van der Waals surface area (Å²) in [5, 5.41) is 3.24. The van der Waals surface area contributed by atoms with Crippen molar-refractivity contribution in [2.24, 2.45) is 5.73 Å². The molecule has 3 nitrogen and oxygen atoms in total. The number of carbonyl (C=O) groups excluding carboxylic acids is 1. The van der Waals surface area contributed by atoms with E-state index < -0.39 is 5.54 Å². The molecule has 3 N–H and O–H groups in total. The Morgan fingerprint density at radius 3 is 2.60 bits per heavy atom. The molecular formula is C11H24N2OS. The van der Waals surface area contributed by atoms with Crippen LogP contribution in [-0.4, -0.2) is 29.5 Å². The lowest BCUT2D eigenvalue weighted by Gasteiger charge is -2.27. The molecule has 0 aliphatic carbocycles. The highest BCUT2D eigenvalue weighted by Gasteiger charge is 2.29. The Balaban J connectivity index is 3.96. The number of hydrogen-bond acceptors (Lipinski definition) is 3. The lowest BCUT2D eigenvalue weighted by Crippen LogP contribution is -2.53. The molecular weight excluding hydrogens is 208 g/mol. The van der Waals surface area contributed by atoms with Gasteiger partial charge in [0.05, 0.1) is 5.54 Å². The third-order valence-corrected chi connectivity index (χ3v) is 3.46. The van der Waals surface area contributed by atoms with E-state index in [-0.39, 0.29) is 5.91 Å². The van der Waals surface area contributed by atoms with Crippen molar-refractivity contribution in [2.45, 2.75) is 45.6 Å². The normalized spacial score (nSPS) is 14.9. The molecule has 0 aromatic carbocycles. The van der Waals surface area contributed by atoms with E-state index in [0.29, 0.717) is 0 Å². The van der Waals surface area contributed by atoms with Crippen LogP contribution >= 0.6 is 11.8 Å². The molecule has 15 heavy (non-hydrogen) atoms. The van der Waals surface area contributed by atoms with Gasteiger partial charge in [-0.2, -0.15) is 11.8 Å². The molecule has 0 saturated heterocycles. The summed E-state index contributed by atoms with van der Waals surface area (Å²) < 4.78 is 0. The summed E-state index contributed by atoms with van der Waals surface area (Å²) in [5.74, 6) is 2.00. The van der Waals surface area contributed by atoms with Crippen molar-refractivity contribution < 1.29 is 4.79 Å². The number of nitrogens with two attached hydrogens (primary N) is 1. The topological polar surface area (TPSA) is 55.1 Å². The van der Waals surface area contributed by atoms with Crippen LogP contribution in [0.3, 0.4) is 0 Å². The van der Waals surface area contributed by atoms with Crippen LogP contribution in [0, 0.1) is 0 Å². The Labute approximate surface area is 97.6 Å². The summed E-state index contributed by atoms with van der Waals surface area (Å²) in [5.41, 5.74) is 4.89. The van der Waals surface area contributed by atoms with E-state index in [1.165, 1.54) is 0 Å². The first-order valence-corrected chi connectivity index (χ1v) is 6.85. The van der Waals surface area contributed by atoms with E-state index >= 15 is 0 Å². The van der Waals surface area contributed by atoms with Crippen LogP contribution in [0.5, 0.6) is 0 Å². The van der Waals surface area contributed by atoms with Crippen LogP contribution < -0.4 is 11.1 Å². The fourth-order valence-corrected chi connectivity index (χ4v) is 2.01. The van der Waals surface area contributed by atoms with Gasteiger partial charge in [-0.3, -0.25) is 4.79 Å². The largest absolute Gasteiger partial charge is 0.368 e. The molecule has 0 spiro atoms. The second kappa shape index (κ2) is 7.99. The summed E-state index contributed by atoms with van der Waals surface area (Å²) >= 11 is 1.90. The van der Waals surface area contributed by atoms with Crippen LogP contribution in [-0.2, 0) is 4.79 Å². The van der Waals surface area contributed by atoms with Gasteiger partial charge in [-0.15, -0.1) is 0 Å². The van der Waals surface area contributed by atoms with Crippen LogP contribution in [0.2, 0.25) is 0 Å². The van der Waals surface area contributed by atoms with Crippen molar-refractivity contribution in [1.82, 2.24) is 5.32 Å². The summed E-state index contributed by atoms with van der Waals surface area (Å²) in [7, 11) is 0. The van der Waals surface area contributed by atoms with E-state index in [4.69, 9.17) is 5.73 Å². The highest BCUT2D eigenvalue weighted by atomic mass is 32.2. The smallest absolute Gasteiger partial charge is 0.237 e. The molecule has 1 unspecified atom stereocenters. The van der Waals surface area contributed by atoms with Crippen molar-refractivity contribution in [3.8, 4) is 0 Å². The molecule has 0 aromatic heterocycles. The lowest BCUT2D eigenvalue weighted by molar-refractivity contribution is -0.124. The van der Waals surface area contributed by atoms with E-state index in [2.05, 4.69) is 19.2 Å². The monoisotopic (exact) mass is 232 g/mol. The van der Waals surface area contributed by atoms with Gasteiger partial charge in [0.1, 0.15) is 0 Å². The van der Waals surface area contributed by atoms with Crippen molar-refractivity contribution in [3.05, 3.63) is 0 Å². The Bertz CT molecular complexity index is 187. The highest BCUT2D eigenvalue weighted by molar-refractivity contribution is 7.99. The molecule has 0 bridgehead atoms. The van der Waals surface area contributed by atoms with Gasteiger partial charge in [0.2, 0.25) is 5.91 Å². The second-order valence-electron chi connectivity index (χ2n) is 3.92. The zero-order valence-corrected chi connectivity index (χ0v) is 11.0. The predicted molar refractivity (Wildman–Crippen MR) is 68.1 cm³/mol. The quantitative estimate of drug-likeness (QED) is 0.596. The highest BCUT2D eigenvalue weighted by Crippen LogP contribution is 2.14. The van der Waals surface area contributed by atoms with Gasteiger partial charge in [-0.05, 0) is 44.2 Å². The molecule has 0 aromatic rings. The minimum Gasteiger partial charge on any atom is -0.368 e. The molecule has 1 amide bonds. The van der Waals surface area contributed by atoms with Crippen molar-refractivity contribution >= 4 is 17.7 Å². The maximum Gasteiger partial charge on any atom is 0.237 e. The first kappa shape index (κ1) is 14.8. The molecule has 0 aliphatic heterocycles. The Morgan fingerprint density at radius 1 is 1.47 bits per heavy atom. The van der Waals surface area contributed by atoms with E-state index in [0.717, 1.165) is 37.3 Å². The molecule has 4 heteroatoms. The molecule has 0 fully saturated rings. The fourth-order valence-electron chi connectivity index (χ4n) is 1.37. The number of carbonyl (C=O) groups is 1. The summed E-state index contributed by atoms with van der Waals surface area (Å²) in [4.78, 5) is 11.3. The van der Waals surface area contributed by atoms with Gasteiger partial charge in [-0.25, -0.2) is 0 Å². The zero-order valence-electron chi connectivity index (χ0n) is 10.1. The Morgan fingerprint density at radius 2 is 2.13 bits per heavy atom. The van der Waals surface area contributed by atoms with Crippen LogP contribution in [0.25, 0.3) is 0 Å². The predicted octanol–water partition coefficient (Wildman–Crippen LogP) is 1.76. The van der Waals surface area contributed by atoms with Crippen molar-refractivity contribution in [3.63, 3.8) is 0 Å². The van der Waals surface area contributed by atoms with Gasteiger partial charge < -0.3 is 11.1 Å². The minimum atomic E-state index is -0.524.